The van der Waals surface area contributed by atoms with Gasteiger partial charge in [-0.15, -0.1) is 0 Å². The summed E-state index contributed by atoms with van der Waals surface area (Å²) in [7, 11) is 1.33. The van der Waals surface area contributed by atoms with E-state index in [4.69, 9.17) is 16.2 Å². The Morgan fingerprint density at radius 2 is 1.88 bits per heavy atom. The van der Waals surface area contributed by atoms with Gasteiger partial charge in [-0.2, -0.15) is 9.97 Å². The van der Waals surface area contributed by atoms with Gasteiger partial charge in [0.25, 0.3) is 0 Å². The highest BCUT2D eigenvalue weighted by atomic mass is 16.5. The van der Waals surface area contributed by atoms with Crippen LogP contribution < -0.4 is 16.2 Å². The van der Waals surface area contributed by atoms with E-state index >= 15 is 0 Å². The van der Waals surface area contributed by atoms with Crippen molar-refractivity contribution in [1.82, 2.24) is 19.9 Å². The van der Waals surface area contributed by atoms with Crippen LogP contribution in [-0.2, 0) is 11.3 Å². The molecule has 24 heavy (non-hydrogen) atoms. The van der Waals surface area contributed by atoms with Gasteiger partial charge < -0.3 is 20.9 Å². The Morgan fingerprint density at radius 1 is 1.12 bits per heavy atom. The minimum absolute atomic E-state index is 0.0454. The van der Waals surface area contributed by atoms with Crippen LogP contribution in [-0.4, -0.2) is 33.0 Å². The molecule has 0 amide bonds. The molecule has 0 atom stereocenters. The third-order valence-corrected chi connectivity index (χ3v) is 3.16. The maximum absolute atomic E-state index is 11.4. The first kappa shape index (κ1) is 15.4. The van der Waals surface area contributed by atoms with Gasteiger partial charge in [-0.25, -0.2) is 14.8 Å². The largest absolute Gasteiger partial charge is 0.487 e. The maximum Gasteiger partial charge on any atom is 0.337 e. The second kappa shape index (κ2) is 6.32. The van der Waals surface area contributed by atoms with Crippen molar-refractivity contribution in [3.05, 3.63) is 41.7 Å². The summed E-state index contributed by atoms with van der Waals surface area (Å²) in [5.41, 5.74) is 13.0. The number of hydrogen-bond donors (Lipinski definition) is 2. The number of aromatic nitrogens is 4. The average molecular weight is 326 g/mol. The molecule has 2 aromatic heterocycles. The molecule has 122 valence electrons. The fourth-order valence-electron chi connectivity index (χ4n) is 2.01. The Bertz CT molecular complexity index is 898. The smallest absolute Gasteiger partial charge is 0.337 e. The molecule has 9 nitrogen and oxygen atoms in total. The van der Waals surface area contributed by atoms with Crippen LogP contribution in [0.4, 0.5) is 11.8 Å². The van der Waals surface area contributed by atoms with Crippen molar-refractivity contribution < 1.29 is 14.3 Å². The number of nitrogens with zero attached hydrogens (tertiary/aromatic N) is 4. The summed E-state index contributed by atoms with van der Waals surface area (Å²) < 4.78 is 10.2. The molecule has 3 rings (SSSR count). The van der Waals surface area contributed by atoms with Gasteiger partial charge in [0.05, 0.1) is 24.6 Å². The molecular formula is C15H14N6O3. The summed E-state index contributed by atoms with van der Waals surface area (Å²) in [5.74, 6) is 0.376. The summed E-state index contributed by atoms with van der Waals surface area (Å²) in [5, 5.41) is 0. The molecule has 9 heteroatoms. The highest BCUT2D eigenvalue weighted by Gasteiger charge is 2.09. The summed E-state index contributed by atoms with van der Waals surface area (Å²) >= 11 is 0. The van der Waals surface area contributed by atoms with Crippen LogP contribution in [0.1, 0.15) is 16.1 Å². The van der Waals surface area contributed by atoms with Crippen LogP contribution >= 0.6 is 0 Å². The van der Waals surface area contributed by atoms with Crippen LogP contribution in [0.25, 0.3) is 11.2 Å². The summed E-state index contributed by atoms with van der Waals surface area (Å²) in [6, 6.07) is 6.56. The zero-order chi connectivity index (χ0) is 17.1. The number of fused-ring (bicyclic) bond motifs is 1. The number of methoxy groups -OCH3 is 1. The van der Waals surface area contributed by atoms with Crippen molar-refractivity contribution in [2.75, 3.05) is 18.6 Å². The van der Waals surface area contributed by atoms with Gasteiger partial charge >= 0.3 is 5.97 Å². The highest BCUT2D eigenvalue weighted by Crippen LogP contribution is 2.17. The van der Waals surface area contributed by atoms with E-state index in [1.54, 1.807) is 24.3 Å². The highest BCUT2D eigenvalue weighted by molar-refractivity contribution is 5.89. The first-order chi connectivity index (χ1) is 11.6. The molecule has 1 aromatic carbocycles. The Balaban J connectivity index is 1.74. The number of benzene rings is 1. The molecule has 3 aromatic rings. The first-order valence-electron chi connectivity index (χ1n) is 6.92. The van der Waals surface area contributed by atoms with E-state index in [1.165, 1.54) is 13.3 Å². The monoisotopic (exact) mass is 326 g/mol. The van der Waals surface area contributed by atoms with Crippen LogP contribution in [0.3, 0.4) is 0 Å². The van der Waals surface area contributed by atoms with Gasteiger partial charge in [0.15, 0.2) is 17.0 Å². The Hall–Kier alpha value is -3.49. The van der Waals surface area contributed by atoms with E-state index in [-0.39, 0.29) is 18.4 Å². The van der Waals surface area contributed by atoms with Gasteiger partial charge in [-0.3, -0.25) is 0 Å². The minimum Gasteiger partial charge on any atom is -0.487 e. The lowest BCUT2D eigenvalue weighted by atomic mass is 10.2. The van der Waals surface area contributed by atoms with E-state index < -0.39 is 5.97 Å². The van der Waals surface area contributed by atoms with Crippen molar-refractivity contribution in [3.63, 3.8) is 0 Å². The quantitative estimate of drug-likeness (QED) is 0.670. The van der Waals surface area contributed by atoms with Crippen molar-refractivity contribution in [1.29, 1.82) is 0 Å². The van der Waals surface area contributed by atoms with Crippen LogP contribution in [0.5, 0.6) is 5.75 Å². The van der Waals surface area contributed by atoms with Gasteiger partial charge in [0.1, 0.15) is 12.4 Å². The third kappa shape index (κ3) is 3.14. The number of hydrogen-bond acceptors (Lipinski definition) is 9. The van der Waals surface area contributed by atoms with Crippen molar-refractivity contribution in [2.45, 2.75) is 6.61 Å². The zero-order valence-corrected chi connectivity index (χ0v) is 12.8. The van der Waals surface area contributed by atoms with Crippen molar-refractivity contribution in [3.8, 4) is 5.75 Å². The average Bonchev–Trinajstić information content (AvgIpc) is 2.60. The van der Waals surface area contributed by atoms with Gasteiger partial charge in [-0.1, -0.05) is 0 Å². The number of ether oxygens (including phenoxy) is 2. The second-order valence-electron chi connectivity index (χ2n) is 4.81. The van der Waals surface area contributed by atoms with Gasteiger partial charge in [0.2, 0.25) is 5.95 Å². The van der Waals surface area contributed by atoms with Gasteiger partial charge in [-0.05, 0) is 24.3 Å². The van der Waals surface area contributed by atoms with E-state index in [0.717, 1.165) is 0 Å². The zero-order valence-electron chi connectivity index (χ0n) is 12.8. The third-order valence-electron chi connectivity index (χ3n) is 3.16. The molecule has 0 saturated carbocycles. The molecule has 0 aliphatic rings. The molecular weight excluding hydrogens is 312 g/mol. The number of anilines is 2. The summed E-state index contributed by atoms with van der Waals surface area (Å²) in [6.07, 6.45) is 1.52. The van der Waals surface area contributed by atoms with E-state index in [9.17, 15) is 4.79 Å². The Labute approximate surface area is 136 Å². The molecule has 4 N–H and O–H groups in total. The maximum atomic E-state index is 11.4. The molecule has 0 unspecified atom stereocenters. The Kier molecular flexibility index (Phi) is 4.06. The topological polar surface area (TPSA) is 139 Å². The second-order valence-corrected chi connectivity index (χ2v) is 4.81. The molecule has 0 fully saturated rings. The molecule has 0 aliphatic heterocycles. The van der Waals surface area contributed by atoms with E-state index in [2.05, 4.69) is 24.7 Å². The normalized spacial score (nSPS) is 10.5. The summed E-state index contributed by atoms with van der Waals surface area (Å²) in [4.78, 5) is 27.7. The molecule has 2 heterocycles. The molecule has 0 spiro atoms. The number of nitrogen functional groups attached to an aromatic ring is 2. The van der Waals surface area contributed by atoms with Gasteiger partial charge in [0, 0.05) is 0 Å². The molecule has 0 aliphatic carbocycles. The first-order valence-corrected chi connectivity index (χ1v) is 6.92. The lowest BCUT2D eigenvalue weighted by Gasteiger charge is -2.07. The minimum atomic E-state index is -0.406. The number of carbonyl (C=O) groups excluding carboxylic acids is 1. The lowest BCUT2D eigenvalue weighted by Crippen LogP contribution is -2.06. The predicted molar refractivity (Wildman–Crippen MR) is 86.1 cm³/mol. The number of rotatable bonds is 4. The fourth-order valence-corrected chi connectivity index (χ4v) is 2.01. The lowest BCUT2D eigenvalue weighted by molar-refractivity contribution is 0.0600. The predicted octanol–water partition coefficient (Wildman–Crippen LogP) is 0.950. The van der Waals surface area contributed by atoms with Crippen LogP contribution in [0, 0.1) is 0 Å². The molecule has 0 saturated heterocycles. The molecule has 0 radical (unpaired) electrons. The van der Waals surface area contributed by atoms with Crippen molar-refractivity contribution in [2.24, 2.45) is 0 Å². The Morgan fingerprint density at radius 3 is 2.58 bits per heavy atom. The van der Waals surface area contributed by atoms with E-state index in [0.29, 0.717) is 28.2 Å². The summed E-state index contributed by atoms with van der Waals surface area (Å²) in [6.45, 7) is 0.171. The number of carbonyl (C=O) groups is 1. The standard InChI is InChI=1S/C15H14N6O3/c1-23-14(22)8-2-4-10(5-3-8)24-7-9-6-18-13-11(19-9)12(16)20-15(17)21-13/h2-6H,7H2,1H3,(H4,16,17,18,20,21). The number of nitrogens with two attached hydrogens (primary N) is 2. The van der Waals surface area contributed by atoms with Crippen molar-refractivity contribution >= 4 is 28.9 Å². The van der Waals surface area contributed by atoms with E-state index in [1.807, 2.05) is 0 Å². The van der Waals surface area contributed by atoms with Crippen LogP contribution in [0.15, 0.2) is 30.5 Å². The number of esters is 1. The fraction of sp³-hybridized carbons (Fsp3) is 0.133. The SMILES string of the molecule is COC(=O)c1ccc(OCc2cnc3nc(N)nc(N)c3n2)cc1. The molecule has 0 bridgehead atoms. The van der Waals surface area contributed by atoms with Crippen LogP contribution in [0.2, 0.25) is 0 Å².